The summed E-state index contributed by atoms with van der Waals surface area (Å²) >= 11 is 0. The van der Waals surface area contributed by atoms with E-state index in [9.17, 15) is 13.0 Å². The molecule has 1 N–H and O–H groups in total. The molecule has 0 fully saturated rings. The van der Waals surface area contributed by atoms with Gasteiger partial charge in [-0.05, 0) is 12.1 Å². The minimum atomic E-state index is -4.10. The van der Waals surface area contributed by atoms with Crippen molar-refractivity contribution in [1.82, 2.24) is 0 Å². The lowest BCUT2D eigenvalue weighted by Crippen LogP contribution is -2.43. The summed E-state index contributed by atoms with van der Waals surface area (Å²) in [6.07, 6.45) is 1.99. The van der Waals surface area contributed by atoms with Crippen molar-refractivity contribution in [3.63, 3.8) is 0 Å². The predicted octanol–water partition coefficient (Wildman–Crippen LogP) is 1.92. The van der Waals surface area contributed by atoms with E-state index in [0.717, 1.165) is 10.9 Å². The summed E-state index contributed by atoms with van der Waals surface area (Å²) in [6.45, 7) is 1.73. The Hall–Kier alpha value is -1.46. The Kier molecular flexibility index (Phi) is 3.13. The fourth-order valence-electron chi connectivity index (χ4n) is 1.99. The van der Waals surface area contributed by atoms with Crippen LogP contribution < -0.4 is 4.57 Å². The maximum absolute atomic E-state index is 11.3. The van der Waals surface area contributed by atoms with Crippen molar-refractivity contribution >= 4 is 21.0 Å². The highest BCUT2D eigenvalue weighted by Gasteiger charge is 2.31. The number of aromatic nitrogens is 1. The van der Waals surface area contributed by atoms with Crippen LogP contribution in [0, 0.1) is 0 Å². The van der Waals surface area contributed by atoms with Gasteiger partial charge in [-0.25, -0.2) is 0 Å². The lowest BCUT2D eigenvalue weighted by Gasteiger charge is -2.08. The van der Waals surface area contributed by atoms with Gasteiger partial charge in [0.1, 0.15) is 0 Å². The topological polar surface area (TPSA) is 58.2 Å². The van der Waals surface area contributed by atoms with Crippen molar-refractivity contribution in [2.24, 2.45) is 0 Å². The van der Waals surface area contributed by atoms with Crippen molar-refractivity contribution in [3.05, 3.63) is 42.6 Å². The number of para-hydroxylation sites is 1. The molecular formula is C12H14NO3S+. The molecule has 5 heteroatoms. The number of rotatable bonds is 3. The molecule has 0 bridgehead atoms. The van der Waals surface area contributed by atoms with E-state index in [1.54, 1.807) is 23.8 Å². The zero-order valence-electron chi connectivity index (χ0n) is 9.45. The lowest BCUT2D eigenvalue weighted by molar-refractivity contribution is -0.677. The highest BCUT2D eigenvalue weighted by atomic mass is 32.2. The van der Waals surface area contributed by atoms with Gasteiger partial charge in [-0.15, -0.1) is 0 Å². The van der Waals surface area contributed by atoms with Gasteiger partial charge in [0.05, 0.1) is 0 Å². The summed E-state index contributed by atoms with van der Waals surface area (Å²) in [6, 6.07) is 11.2. The molecule has 2 aromatic rings. The Morgan fingerprint density at radius 1 is 1.24 bits per heavy atom. The van der Waals surface area contributed by atoms with E-state index in [-0.39, 0.29) is 0 Å². The summed E-state index contributed by atoms with van der Waals surface area (Å²) in [5.74, 6) is 0. The van der Waals surface area contributed by atoms with E-state index in [4.69, 9.17) is 0 Å². The summed E-state index contributed by atoms with van der Waals surface area (Å²) < 4.78 is 33.5. The molecule has 17 heavy (non-hydrogen) atoms. The molecule has 0 aliphatic rings. The van der Waals surface area contributed by atoms with Crippen molar-refractivity contribution in [1.29, 1.82) is 0 Å². The second kappa shape index (κ2) is 4.43. The van der Waals surface area contributed by atoms with Gasteiger partial charge >= 0.3 is 10.1 Å². The van der Waals surface area contributed by atoms with Crippen LogP contribution in [-0.2, 0) is 10.1 Å². The van der Waals surface area contributed by atoms with Crippen LogP contribution in [0.15, 0.2) is 42.6 Å². The van der Waals surface area contributed by atoms with Crippen LogP contribution in [-0.4, -0.2) is 13.0 Å². The number of nitrogens with zero attached hydrogens (tertiary/aromatic N) is 1. The van der Waals surface area contributed by atoms with E-state index >= 15 is 0 Å². The molecule has 0 aliphatic heterocycles. The van der Waals surface area contributed by atoms with E-state index in [2.05, 4.69) is 0 Å². The maximum Gasteiger partial charge on any atom is 0.329 e. The Morgan fingerprint density at radius 3 is 2.53 bits per heavy atom. The standard InChI is InChI=1S/C12H13NO3S/c1-2-12(17(14,15)16)13-9-5-7-10-6-3-4-8-11(10)13/h3-9,12H,2H2,1H3/p+1. The molecule has 0 aliphatic carbocycles. The number of hydrogen-bond donors (Lipinski definition) is 1. The molecule has 1 unspecified atom stereocenters. The smallest absolute Gasteiger partial charge is 0.280 e. The van der Waals surface area contributed by atoms with Gasteiger partial charge in [-0.1, -0.05) is 19.1 Å². The number of benzene rings is 1. The Balaban J connectivity index is 2.70. The van der Waals surface area contributed by atoms with Crippen LogP contribution in [0.5, 0.6) is 0 Å². The highest BCUT2D eigenvalue weighted by molar-refractivity contribution is 7.85. The molecular weight excluding hydrogens is 238 g/mol. The van der Waals surface area contributed by atoms with E-state index in [1.165, 1.54) is 0 Å². The van der Waals surface area contributed by atoms with Gasteiger partial charge in [-0.3, -0.25) is 4.55 Å². The molecule has 2 rings (SSSR count). The molecule has 1 aromatic heterocycles. The van der Waals surface area contributed by atoms with Gasteiger partial charge in [0.2, 0.25) is 5.52 Å². The van der Waals surface area contributed by atoms with Crippen LogP contribution in [0.1, 0.15) is 18.7 Å². The highest BCUT2D eigenvalue weighted by Crippen LogP contribution is 2.15. The van der Waals surface area contributed by atoms with E-state index in [0.29, 0.717) is 6.42 Å². The van der Waals surface area contributed by atoms with Crippen LogP contribution in [0.25, 0.3) is 10.9 Å². The fourth-order valence-corrected chi connectivity index (χ4v) is 2.88. The molecule has 1 heterocycles. The average Bonchev–Trinajstić information content (AvgIpc) is 2.28. The van der Waals surface area contributed by atoms with Gasteiger partial charge in [0.15, 0.2) is 6.20 Å². The summed E-state index contributed by atoms with van der Waals surface area (Å²) in [5, 5.41) is 0.00528. The lowest BCUT2D eigenvalue weighted by atomic mass is 10.2. The molecule has 0 amide bonds. The van der Waals surface area contributed by atoms with Crippen molar-refractivity contribution < 1.29 is 17.5 Å². The molecule has 1 aromatic carbocycles. The fraction of sp³-hybridized carbons (Fsp3) is 0.250. The minimum Gasteiger partial charge on any atom is -0.280 e. The first-order chi connectivity index (χ1) is 8.04. The third-order valence-corrected chi connectivity index (χ3v) is 3.99. The van der Waals surface area contributed by atoms with Crippen LogP contribution in [0.2, 0.25) is 0 Å². The largest absolute Gasteiger partial charge is 0.329 e. The molecule has 0 saturated carbocycles. The van der Waals surface area contributed by atoms with Crippen molar-refractivity contribution in [2.45, 2.75) is 18.7 Å². The number of pyridine rings is 1. The summed E-state index contributed by atoms with van der Waals surface area (Å²) in [4.78, 5) is 0. The minimum absolute atomic E-state index is 0.317. The first-order valence-corrected chi connectivity index (χ1v) is 6.89. The third-order valence-electron chi connectivity index (χ3n) is 2.74. The molecule has 1 atom stereocenters. The van der Waals surface area contributed by atoms with Gasteiger partial charge in [0, 0.05) is 23.9 Å². The van der Waals surface area contributed by atoms with Gasteiger partial charge in [0.25, 0.3) is 5.37 Å². The Bertz CT molecular complexity index is 632. The Morgan fingerprint density at radius 2 is 1.88 bits per heavy atom. The predicted molar refractivity (Wildman–Crippen MR) is 65.0 cm³/mol. The van der Waals surface area contributed by atoms with E-state index < -0.39 is 15.5 Å². The van der Waals surface area contributed by atoms with Crippen LogP contribution >= 0.6 is 0 Å². The van der Waals surface area contributed by atoms with Crippen molar-refractivity contribution in [3.8, 4) is 0 Å². The molecule has 90 valence electrons. The zero-order valence-corrected chi connectivity index (χ0v) is 10.3. The Labute approximate surface area is 100 Å². The normalized spacial score (nSPS) is 13.8. The van der Waals surface area contributed by atoms with Gasteiger partial charge in [-0.2, -0.15) is 13.0 Å². The third kappa shape index (κ3) is 2.30. The molecule has 0 radical (unpaired) electrons. The molecule has 0 saturated heterocycles. The van der Waals surface area contributed by atoms with Crippen LogP contribution in [0.3, 0.4) is 0 Å². The first-order valence-electron chi connectivity index (χ1n) is 5.39. The summed E-state index contributed by atoms with van der Waals surface area (Å²) in [7, 11) is -4.10. The first kappa shape index (κ1) is 12.0. The van der Waals surface area contributed by atoms with Gasteiger partial charge < -0.3 is 0 Å². The second-order valence-corrected chi connectivity index (χ2v) is 5.43. The van der Waals surface area contributed by atoms with E-state index in [1.807, 2.05) is 30.3 Å². The van der Waals surface area contributed by atoms with Crippen molar-refractivity contribution in [2.75, 3.05) is 0 Å². The second-order valence-electron chi connectivity index (χ2n) is 3.85. The zero-order chi connectivity index (χ0) is 12.5. The quantitative estimate of drug-likeness (QED) is 0.670. The number of fused-ring (bicyclic) bond motifs is 1. The molecule has 0 spiro atoms. The monoisotopic (exact) mass is 252 g/mol. The SMILES string of the molecule is CCC([n+]1cccc2ccccc21)S(=O)(=O)O. The van der Waals surface area contributed by atoms with Crippen LogP contribution in [0.4, 0.5) is 0 Å². The maximum atomic E-state index is 11.3. The molecule has 4 nitrogen and oxygen atoms in total. The average molecular weight is 252 g/mol. The summed E-state index contributed by atoms with van der Waals surface area (Å²) in [5.41, 5.74) is 0.791. The number of hydrogen-bond acceptors (Lipinski definition) is 2.